The summed E-state index contributed by atoms with van der Waals surface area (Å²) < 4.78 is 1.26. The minimum Gasteiger partial charge on any atom is -0.241 e. The summed E-state index contributed by atoms with van der Waals surface area (Å²) in [4.78, 5) is 4.64. The molecule has 0 saturated carbocycles. The fourth-order valence-corrected chi connectivity index (χ4v) is 3.76. The van der Waals surface area contributed by atoms with Gasteiger partial charge in [0, 0.05) is 11.8 Å². The van der Waals surface area contributed by atoms with Crippen molar-refractivity contribution < 1.29 is 0 Å². The number of rotatable bonds is 5. The second-order valence-corrected chi connectivity index (χ2v) is 6.05. The molecular formula is C14H18ClNS. The fraction of sp³-hybridized carbons (Fsp3) is 0.500. The molecule has 1 aromatic heterocycles. The van der Waals surface area contributed by atoms with Gasteiger partial charge in [0.05, 0.1) is 15.2 Å². The van der Waals surface area contributed by atoms with E-state index in [1.54, 1.807) is 11.3 Å². The van der Waals surface area contributed by atoms with Crippen LogP contribution in [0.15, 0.2) is 24.3 Å². The van der Waals surface area contributed by atoms with Crippen LogP contribution in [0, 0.1) is 5.92 Å². The summed E-state index contributed by atoms with van der Waals surface area (Å²) >= 11 is 8.24. The molecule has 0 amide bonds. The summed E-state index contributed by atoms with van der Waals surface area (Å²) in [5.41, 5.74) is 1.10. The summed E-state index contributed by atoms with van der Waals surface area (Å²) in [6.07, 6.45) is 3.19. The Morgan fingerprint density at radius 2 is 1.94 bits per heavy atom. The number of thiazole rings is 1. The summed E-state index contributed by atoms with van der Waals surface area (Å²) in [6, 6.07) is 8.28. The molecule has 1 nitrogen and oxygen atoms in total. The van der Waals surface area contributed by atoms with Gasteiger partial charge in [0.2, 0.25) is 0 Å². The molecule has 1 atom stereocenters. The summed E-state index contributed by atoms with van der Waals surface area (Å²) in [5, 5.41) is 1.38. The lowest BCUT2D eigenvalue weighted by molar-refractivity contribution is 0.463. The Hall–Kier alpha value is -0.600. The summed E-state index contributed by atoms with van der Waals surface area (Å²) in [6.45, 7) is 4.42. The Morgan fingerprint density at radius 3 is 2.59 bits per heavy atom. The highest BCUT2D eigenvalue weighted by Gasteiger charge is 2.17. The molecule has 0 aliphatic rings. The van der Waals surface area contributed by atoms with Crippen molar-refractivity contribution in [2.75, 3.05) is 0 Å². The molecule has 0 fully saturated rings. The van der Waals surface area contributed by atoms with Crippen LogP contribution >= 0.6 is 22.9 Å². The minimum absolute atomic E-state index is 0.213. The summed E-state index contributed by atoms with van der Waals surface area (Å²) in [5.74, 6) is 0.601. The topological polar surface area (TPSA) is 12.9 Å². The predicted octanol–water partition coefficient (Wildman–Crippen LogP) is 4.88. The van der Waals surface area contributed by atoms with E-state index in [0.29, 0.717) is 5.92 Å². The Bertz CT molecular complexity index is 443. The van der Waals surface area contributed by atoms with Crippen LogP contribution < -0.4 is 0 Å². The van der Waals surface area contributed by atoms with E-state index in [-0.39, 0.29) is 5.38 Å². The second kappa shape index (κ2) is 5.83. The van der Waals surface area contributed by atoms with Crippen molar-refractivity contribution in [3.8, 4) is 0 Å². The van der Waals surface area contributed by atoms with Gasteiger partial charge >= 0.3 is 0 Å². The fourth-order valence-electron chi connectivity index (χ4n) is 2.14. The van der Waals surface area contributed by atoms with E-state index >= 15 is 0 Å². The van der Waals surface area contributed by atoms with Crippen LogP contribution in [-0.4, -0.2) is 10.4 Å². The van der Waals surface area contributed by atoms with Gasteiger partial charge in [0.1, 0.15) is 0 Å². The standard InChI is InChI=1S/C14H18ClNS/c1-3-10(4-2)11(15)9-14-16-12-7-5-6-8-13(12)17-14/h5-8,10-11H,3-4,9H2,1-2H3. The van der Waals surface area contributed by atoms with Gasteiger partial charge in [-0.3, -0.25) is 0 Å². The maximum Gasteiger partial charge on any atom is 0.0953 e. The van der Waals surface area contributed by atoms with Gasteiger partial charge in [-0.05, 0) is 18.1 Å². The van der Waals surface area contributed by atoms with Gasteiger partial charge in [-0.15, -0.1) is 22.9 Å². The van der Waals surface area contributed by atoms with Gasteiger partial charge in [0.25, 0.3) is 0 Å². The molecule has 3 heteroatoms. The Kier molecular flexibility index (Phi) is 4.41. The first-order chi connectivity index (χ1) is 8.24. The zero-order valence-corrected chi connectivity index (χ0v) is 11.9. The van der Waals surface area contributed by atoms with Crippen LogP contribution in [-0.2, 0) is 6.42 Å². The third-order valence-electron chi connectivity index (χ3n) is 3.27. The zero-order chi connectivity index (χ0) is 12.3. The third kappa shape index (κ3) is 2.99. The first-order valence-corrected chi connectivity index (χ1v) is 7.48. The van der Waals surface area contributed by atoms with Crippen LogP contribution in [0.25, 0.3) is 10.2 Å². The molecule has 2 aromatic rings. The lowest BCUT2D eigenvalue weighted by atomic mass is 9.97. The maximum atomic E-state index is 6.48. The Labute approximate surface area is 112 Å². The van der Waals surface area contributed by atoms with Gasteiger partial charge in [-0.1, -0.05) is 38.8 Å². The molecule has 1 aromatic carbocycles. The predicted molar refractivity (Wildman–Crippen MR) is 77.0 cm³/mol. The number of halogens is 1. The van der Waals surface area contributed by atoms with E-state index in [2.05, 4.69) is 37.0 Å². The molecule has 0 bridgehead atoms. The first-order valence-electron chi connectivity index (χ1n) is 6.23. The van der Waals surface area contributed by atoms with Crippen molar-refractivity contribution in [3.63, 3.8) is 0 Å². The molecule has 0 aliphatic carbocycles. The number of benzene rings is 1. The van der Waals surface area contributed by atoms with Crippen LogP contribution in [0.2, 0.25) is 0 Å². The molecule has 0 radical (unpaired) electrons. The molecule has 1 unspecified atom stereocenters. The molecule has 1 heterocycles. The highest BCUT2D eigenvalue weighted by atomic mass is 35.5. The number of fused-ring (bicyclic) bond motifs is 1. The van der Waals surface area contributed by atoms with Crippen molar-refractivity contribution in [2.45, 2.75) is 38.5 Å². The van der Waals surface area contributed by atoms with Crippen LogP contribution in [0.5, 0.6) is 0 Å². The van der Waals surface area contributed by atoms with E-state index in [4.69, 9.17) is 11.6 Å². The number of para-hydroxylation sites is 1. The quantitative estimate of drug-likeness (QED) is 0.704. The second-order valence-electron chi connectivity index (χ2n) is 4.37. The van der Waals surface area contributed by atoms with Gasteiger partial charge < -0.3 is 0 Å². The Balaban J connectivity index is 2.12. The third-order valence-corrected chi connectivity index (χ3v) is 4.84. The van der Waals surface area contributed by atoms with E-state index < -0.39 is 0 Å². The van der Waals surface area contributed by atoms with E-state index in [9.17, 15) is 0 Å². The zero-order valence-electron chi connectivity index (χ0n) is 10.3. The molecule has 0 aliphatic heterocycles. The average molecular weight is 268 g/mol. The number of aromatic nitrogens is 1. The van der Waals surface area contributed by atoms with Crippen LogP contribution in [0.3, 0.4) is 0 Å². The maximum absolute atomic E-state index is 6.48. The lowest BCUT2D eigenvalue weighted by Crippen LogP contribution is -2.15. The summed E-state index contributed by atoms with van der Waals surface area (Å²) in [7, 11) is 0. The number of hydrogen-bond donors (Lipinski definition) is 0. The van der Waals surface area contributed by atoms with E-state index in [0.717, 1.165) is 29.8 Å². The largest absolute Gasteiger partial charge is 0.241 e. The average Bonchev–Trinajstić information content (AvgIpc) is 2.72. The molecule has 92 valence electrons. The lowest BCUT2D eigenvalue weighted by Gasteiger charge is -2.17. The minimum atomic E-state index is 0.213. The molecule has 0 N–H and O–H groups in total. The van der Waals surface area contributed by atoms with Crippen molar-refractivity contribution in [1.82, 2.24) is 4.98 Å². The SMILES string of the molecule is CCC(CC)C(Cl)Cc1nc2ccccc2s1. The smallest absolute Gasteiger partial charge is 0.0953 e. The van der Waals surface area contributed by atoms with Gasteiger partial charge in [0.15, 0.2) is 0 Å². The number of hydrogen-bond acceptors (Lipinski definition) is 2. The molecule has 0 spiro atoms. The number of nitrogens with zero attached hydrogens (tertiary/aromatic N) is 1. The molecule has 17 heavy (non-hydrogen) atoms. The molecular weight excluding hydrogens is 250 g/mol. The van der Waals surface area contributed by atoms with Crippen molar-refractivity contribution in [1.29, 1.82) is 0 Å². The van der Waals surface area contributed by atoms with Gasteiger partial charge in [-0.2, -0.15) is 0 Å². The number of alkyl halides is 1. The highest BCUT2D eigenvalue weighted by Crippen LogP contribution is 2.27. The van der Waals surface area contributed by atoms with Crippen molar-refractivity contribution in [2.24, 2.45) is 5.92 Å². The van der Waals surface area contributed by atoms with E-state index in [1.807, 2.05) is 6.07 Å². The molecule has 0 saturated heterocycles. The Morgan fingerprint density at radius 1 is 1.24 bits per heavy atom. The van der Waals surface area contributed by atoms with Crippen LogP contribution in [0.4, 0.5) is 0 Å². The van der Waals surface area contributed by atoms with Crippen molar-refractivity contribution in [3.05, 3.63) is 29.3 Å². The highest BCUT2D eigenvalue weighted by molar-refractivity contribution is 7.18. The molecule has 2 rings (SSSR count). The van der Waals surface area contributed by atoms with Crippen LogP contribution in [0.1, 0.15) is 31.7 Å². The van der Waals surface area contributed by atoms with Crippen molar-refractivity contribution >= 4 is 33.2 Å². The van der Waals surface area contributed by atoms with E-state index in [1.165, 1.54) is 4.70 Å². The first kappa shape index (κ1) is 12.8. The normalized spacial score (nSPS) is 13.4. The van der Waals surface area contributed by atoms with Gasteiger partial charge in [-0.25, -0.2) is 4.98 Å². The monoisotopic (exact) mass is 267 g/mol.